The minimum absolute atomic E-state index is 0. The van der Waals surface area contributed by atoms with Gasteiger partial charge in [0.25, 0.3) is 0 Å². The van der Waals surface area contributed by atoms with Crippen molar-refractivity contribution in [2.24, 2.45) is 0 Å². The summed E-state index contributed by atoms with van der Waals surface area (Å²) in [5, 5.41) is 4.87. The maximum Gasteiger partial charge on any atom is 0.246 e. The van der Waals surface area contributed by atoms with Crippen LogP contribution in [0.2, 0.25) is 0 Å². The molecule has 1 radical (unpaired) electrons. The molecule has 91 valence electrons. The predicted octanol–water partition coefficient (Wildman–Crippen LogP) is -0.275. The van der Waals surface area contributed by atoms with Crippen molar-refractivity contribution in [3.05, 3.63) is 52.4 Å². The van der Waals surface area contributed by atoms with E-state index in [0.29, 0.717) is 0 Å². The SMILES string of the molecule is [NH-]c1c(NCNc2c([NH-])c(=O)c2=O)c(=O)c1=O.[Y]. The van der Waals surface area contributed by atoms with E-state index >= 15 is 0 Å². The zero-order valence-electron chi connectivity index (χ0n) is 8.92. The first-order valence-corrected chi connectivity index (χ1v) is 4.52. The van der Waals surface area contributed by atoms with E-state index in [1.165, 1.54) is 0 Å². The molecule has 0 atom stereocenters. The Morgan fingerprint density at radius 2 is 1.06 bits per heavy atom. The third-order valence-corrected chi connectivity index (χ3v) is 2.35. The van der Waals surface area contributed by atoms with Crippen LogP contribution in [0, 0.1) is 0 Å². The Labute approximate surface area is 125 Å². The van der Waals surface area contributed by atoms with Crippen LogP contribution in [-0.4, -0.2) is 6.67 Å². The number of rotatable bonds is 4. The molecule has 8 nitrogen and oxygen atoms in total. The van der Waals surface area contributed by atoms with Crippen LogP contribution in [-0.2, 0) is 32.7 Å². The summed E-state index contributed by atoms with van der Waals surface area (Å²) in [6.07, 6.45) is 0. The van der Waals surface area contributed by atoms with Crippen molar-refractivity contribution in [2.45, 2.75) is 0 Å². The number of hydrogen-bond donors (Lipinski definition) is 2. The summed E-state index contributed by atoms with van der Waals surface area (Å²) in [4.78, 5) is 43.2. The second kappa shape index (κ2) is 4.99. The molecule has 0 spiro atoms. The monoisotopic (exact) mass is 323 g/mol. The molecule has 0 heterocycles. The molecule has 2 aromatic rings. The summed E-state index contributed by atoms with van der Waals surface area (Å²) in [6, 6.07) is 0. The third kappa shape index (κ3) is 1.97. The van der Waals surface area contributed by atoms with Gasteiger partial charge in [0.1, 0.15) is 0 Å². The summed E-state index contributed by atoms with van der Waals surface area (Å²) in [5.41, 5.74) is 9.86. The van der Waals surface area contributed by atoms with E-state index in [1.807, 2.05) is 0 Å². The number of nitrogens with one attached hydrogen (secondary N) is 4. The van der Waals surface area contributed by atoms with Gasteiger partial charge in [-0.1, -0.05) is 11.4 Å². The Morgan fingerprint density at radius 3 is 1.33 bits per heavy atom. The molecule has 0 fully saturated rings. The van der Waals surface area contributed by atoms with Crippen molar-refractivity contribution < 1.29 is 32.7 Å². The van der Waals surface area contributed by atoms with Crippen LogP contribution in [0.5, 0.6) is 0 Å². The molecule has 0 saturated heterocycles. The van der Waals surface area contributed by atoms with Gasteiger partial charge in [-0.25, -0.2) is 0 Å². The topological polar surface area (TPSA) is 140 Å². The molecule has 2 aromatic carbocycles. The van der Waals surface area contributed by atoms with E-state index < -0.39 is 33.1 Å². The Bertz CT molecular complexity index is 674. The smallest absolute Gasteiger partial charge is 0.246 e. The first-order valence-electron chi connectivity index (χ1n) is 4.52. The summed E-state index contributed by atoms with van der Waals surface area (Å²) < 4.78 is 0. The van der Waals surface area contributed by atoms with Gasteiger partial charge in [-0.15, -0.1) is 0 Å². The first kappa shape index (κ1) is 14.5. The second-order valence-corrected chi connectivity index (χ2v) is 3.35. The van der Waals surface area contributed by atoms with Gasteiger partial charge in [0.2, 0.25) is 21.7 Å². The zero-order chi connectivity index (χ0) is 12.7. The third-order valence-electron chi connectivity index (χ3n) is 2.35. The molecule has 9 heteroatoms. The molecule has 0 aliphatic carbocycles. The molecule has 0 aliphatic rings. The fourth-order valence-corrected chi connectivity index (χ4v) is 1.34. The molecule has 2 rings (SSSR count). The number of anilines is 2. The molecule has 0 amide bonds. The Kier molecular flexibility index (Phi) is 4.03. The summed E-state index contributed by atoms with van der Waals surface area (Å²) in [6.45, 7) is -0.118. The van der Waals surface area contributed by atoms with Crippen LogP contribution < -0.4 is 32.3 Å². The van der Waals surface area contributed by atoms with E-state index in [-0.39, 0.29) is 50.8 Å². The average molecular weight is 323 g/mol. The van der Waals surface area contributed by atoms with Crippen molar-refractivity contribution in [3.63, 3.8) is 0 Å². The summed E-state index contributed by atoms with van der Waals surface area (Å²) in [7, 11) is 0. The Morgan fingerprint density at radius 1 is 0.722 bits per heavy atom. The van der Waals surface area contributed by atoms with Crippen molar-refractivity contribution in [3.8, 4) is 0 Å². The fourth-order valence-electron chi connectivity index (χ4n) is 1.34. The normalized spacial score (nSPS) is 10.2. The van der Waals surface area contributed by atoms with Crippen LogP contribution in [0.25, 0.3) is 11.5 Å². The fraction of sp³-hybridized carbons (Fsp3) is 0.111. The second-order valence-electron chi connectivity index (χ2n) is 3.35. The van der Waals surface area contributed by atoms with Gasteiger partial charge < -0.3 is 22.1 Å². The van der Waals surface area contributed by atoms with E-state index in [9.17, 15) is 19.2 Å². The molecular formula is C9H6N4O4Y-2. The number of hydrogen-bond acceptors (Lipinski definition) is 6. The minimum Gasteiger partial charge on any atom is -0.694 e. The maximum atomic E-state index is 10.9. The minimum atomic E-state index is -0.859. The van der Waals surface area contributed by atoms with Gasteiger partial charge in [-0.2, -0.15) is 0 Å². The predicted molar refractivity (Wildman–Crippen MR) is 62.8 cm³/mol. The van der Waals surface area contributed by atoms with E-state index in [4.69, 9.17) is 11.5 Å². The molecule has 0 aliphatic heterocycles. The van der Waals surface area contributed by atoms with Gasteiger partial charge in [-0.05, 0) is 0 Å². The quantitative estimate of drug-likeness (QED) is 0.586. The van der Waals surface area contributed by atoms with E-state index in [0.717, 1.165) is 0 Å². The average Bonchev–Trinajstić information content (AvgIpc) is 2.36. The maximum absolute atomic E-state index is 10.9. The van der Waals surface area contributed by atoms with Crippen LogP contribution in [0.4, 0.5) is 22.7 Å². The van der Waals surface area contributed by atoms with Crippen molar-refractivity contribution in [2.75, 3.05) is 17.3 Å². The van der Waals surface area contributed by atoms with Crippen LogP contribution in [0.3, 0.4) is 0 Å². The first-order chi connectivity index (χ1) is 7.95. The Hall–Kier alpha value is -1.54. The van der Waals surface area contributed by atoms with Crippen molar-refractivity contribution in [1.29, 1.82) is 0 Å². The van der Waals surface area contributed by atoms with Gasteiger partial charge in [0.15, 0.2) is 0 Å². The molecule has 4 N–H and O–H groups in total. The van der Waals surface area contributed by atoms with Gasteiger partial charge in [-0.3, -0.25) is 19.2 Å². The standard InChI is InChI=1S/C9H8N4O4.Y/c10-2-4(8(16)6(2)14)12-1-13-5-3(11)7(15)9(5)17;/h1H2,(H6,10,11,12,13,14,15,16,17);/p-2. The molecule has 0 bridgehead atoms. The van der Waals surface area contributed by atoms with Crippen molar-refractivity contribution >= 4 is 22.7 Å². The Balaban J connectivity index is 0.00000162. The molecule has 18 heavy (non-hydrogen) atoms. The van der Waals surface area contributed by atoms with Crippen LogP contribution in [0.1, 0.15) is 0 Å². The molecular weight excluding hydrogens is 317 g/mol. The van der Waals surface area contributed by atoms with Gasteiger partial charge in [0.05, 0.1) is 18.0 Å². The van der Waals surface area contributed by atoms with E-state index in [2.05, 4.69) is 10.6 Å². The van der Waals surface area contributed by atoms with E-state index in [1.54, 1.807) is 0 Å². The zero-order valence-corrected chi connectivity index (χ0v) is 11.8. The van der Waals surface area contributed by atoms with Crippen molar-refractivity contribution in [1.82, 2.24) is 0 Å². The summed E-state index contributed by atoms with van der Waals surface area (Å²) >= 11 is 0. The summed E-state index contributed by atoms with van der Waals surface area (Å²) in [5.74, 6) is 0. The van der Waals surface area contributed by atoms with Crippen LogP contribution >= 0.6 is 0 Å². The largest absolute Gasteiger partial charge is 0.694 e. The van der Waals surface area contributed by atoms with Gasteiger partial charge >= 0.3 is 0 Å². The van der Waals surface area contributed by atoms with Gasteiger partial charge in [0, 0.05) is 32.7 Å². The molecule has 0 saturated carbocycles. The molecule has 0 unspecified atom stereocenters. The van der Waals surface area contributed by atoms with Crippen LogP contribution in [0.15, 0.2) is 19.2 Å². The molecule has 0 aromatic heterocycles.